The Morgan fingerprint density at radius 3 is 2.71 bits per heavy atom. The minimum absolute atomic E-state index is 0.517. The fraction of sp³-hybridized carbons (Fsp3) is 0.562. The number of nitrogens with zero attached hydrogens (tertiary/aromatic N) is 1. The zero-order chi connectivity index (χ0) is 14.5. The molecule has 1 N–H and O–H groups in total. The van der Waals surface area contributed by atoms with Crippen molar-refractivity contribution in [3.8, 4) is 11.5 Å². The van der Waals surface area contributed by atoms with Gasteiger partial charge in [-0.15, -0.1) is 0 Å². The van der Waals surface area contributed by atoms with Gasteiger partial charge in [0.15, 0.2) is 5.17 Å². The number of fused-ring (bicyclic) bond motifs is 1. The topological polar surface area (TPSA) is 42.9 Å². The minimum atomic E-state index is 0.517. The fourth-order valence-corrected chi connectivity index (χ4v) is 3.63. The van der Waals surface area contributed by atoms with Crippen LogP contribution in [0.4, 0.5) is 0 Å². The van der Waals surface area contributed by atoms with E-state index in [1.807, 2.05) is 24.3 Å². The van der Waals surface area contributed by atoms with E-state index in [0.29, 0.717) is 18.7 Å². The highest BCUT2D eigenvalue weighted by Gasteiger charge is 2.30. The Kier molecular flexibility index (Phi) is 4.91. The Balaban J connectivity index is 1.38. The lowest BCUT2D eigenvalue weighted by atomic mass is 9.92. The molecular formula is C16H22N2O2S. The molecular weight excluding hydrogens is 284 g/mol. The van der Waals surface area contributed by atoms with Gasteiger partial charge in [-0.3, -0.25) is 4.99 Å². The lowest BCUT2D eigenvalue weighted by molar-refractivity contribution is 0.343. The summed E-state index contributed by atoms with van der Waals surface area (Å²) in [6.07, 6.45) is 5.16. The Labute approximate surface area is 130 Å². The number of amidine groups is 1. The van der Waals surface area contributed by atoms with E-state index < -0.39 is 0 Å². The third kappa shape index (κ3) is 3.84. The van der Waals surface area contributed by atoms with Crippen molar-refractivity contribution in [2.45, 2.75) is 37.8 Å². The molecule has 4 nitrogen and oxygen atoms in total. The van der Waals surface area contributed by atoms with E-state index in [0.717, 1.165) is 22.4 Å². The number of methoxy groups -OCH3 is 1. The van der Waals surface area contributed by atoms with Crippen LogP contribution in [0, 0.1) is 0 Å². The van der Waals surface area contributed by atoms with E-state index >= 15 is 0 Å². The fourth-order valence-electron chi connectivity index (χ4n) is 2.83. The van der Waals surface area contributed by atoms with Gasteiger partial charge < -0.3 is 14.8 Å². The van der Waals surface area contributed by atoms with Crippen molar-refractivity contribution in [2.75, 3.05) is 19.5 Å². The van der Waals surface area contributed by atoms with Crippen molar-refractivity contribution in [1.29, 1.82) is 0 Å². The number of hydrogen-bond acceptors (Lipinski definition) is 5. The molecule has 1 saturated carbocycles. The molecule has 0 radical (unpaired) electrons. The summed E-state index contributed by atoms with van der Waals surface area (Å²) < 4.78 is 10.8. The van der Waals surface area contributed by atoms with Gasteiger partial charge in [0.05, 0.1) is 25.8 Å². The van der Waals surface area contributed by atoms with E-state index in [2.05, 4.69) is 5.32 Å². The van der Waals surface area contributed by atoms with E-state index in [4.69, 9.17) is 14.5 Å². The first-order chi connectivity index (χ1) is 10.3. The van der Waals surface area contributed by atoms with E-state index in [-0.39, 0.29) is 0 Å². The van der Waals surface area contributed by atoms with E-state index in [9.17, 15) is 0 Å². The third-order valence-corrected chi connectivity index (χ3v) is 4.84. The van der Waals surface area contributed by atoms with Crippen LogP contribution in [-0.4, -0.2) is 36.7 Å². The van der Waals surface area contributed by atoms with Gasteiger partial charge in [-0.1, -0.05) is 24.6 Å². The first-order valence-corrected chi connectivity index (χ1v) is 8.58. The van der Waals surface area contributed by atoms with Gasteiger partial charge in [0.2, 0.25) is 0 Å². The maximum atomic E-state index is 5.72. The van der Waals surface area contributed by atoms with Gasteiger partial charge in [0.1, 0.15) is 11.5 Å². The highest BCUT2D eigenvalue weighted by atomic mass is 32.2. The second kappa shape index (κ2) is 7.07. The van der Waals surface area contributed by atoms with Crippen LogP contribution in [0.15, 0.2) is 29.3 Å². The molecule has 0 unspecified atom stereocenters. The third-order valence-electron chi connectivity index (χ3n) is 3.97. The average Bonchev–Trinajstić information content (AvgIpc) is 2.95. The molecule has 3 rings (SSSR count). The molecule has 2 aliphatic rings. The standard InChI is InChI=1S/C16H22N2O2S/c1-19-12-6-8-13(9-7-12)20-10-11-21-16-17-14-4-2-3-5-15(14)18-16/h6-9,14-15H,2-5,10-11H2,1H3,(H,17,18)/t14-,15-/m1/s1. The van der Waals surface area contributed by atoms with Gasteiger partial charge in [0, 0.05) is 5.75 Å². The average molecular weight is 306 g/mol. The summed E-state index contributed by atoms with van der Waals surface area (Å²) in [5, 5.41) is 4.65. The number of ether oxygens (including phenoxy) is 2. The smallest absolute Gasteiger partial charge is 0.157 e. The second-order valence-electron chi connectivity index (χ2n) is 5.41. The molecule has 1 aliphatic heterocycles. The van der Waals surface area contributed by atoms with Crippen LogP contribution in [0.1, 0.15) is 25.7 Å². The van der Waals surface area contributed by atoms with Crippen molar-refractivity contribution in [3.05, 3.63) is 24.3 Å². The zero-order valence-corrected chi connectivity index (χ0v) is 13.2. The predicted octanol–water partition coefficient (Wildman–Crippen LogP) is 3.08. The van der Waals surface area contributed by atoms with Gasteiger partial charge >= 0.3 is 0 Å². The minimum Gasteiger partial charge on any atom is -0.497 e. The first kappa shape index (κ1) is 14.6. The molecule has 0 spiro atoms. The number of aliphatic imine (C=N–C) groups is 1. The number of thioether (sulfide) groups is 1. The number of nitrogens with one attached hydrogen (secondary N) is 1. The molecule has 21 heavy (non-hydrogen) atoms. The van der Waals surface area contributed by atoms with Gasteiger partial charge in [0.25, 0.3) is 0 Å². The highest BCUT2D eigenvalue weighted by Crippen LogP contribution is 2.27. The van der Waals surface area contributed by atoms with E-state index in [1.165, 1.54) is 25.7 Å². The largest absolute Gasteiger partial charge is 0.497 e. The van der Waals surface area contributed by atoms with Crippen LogP contribution in [0.5, 0.6) is 11.5 Å². The molecule has 114 valence electrons. The lowest BCUT2D eigenvalue weighted by Crippen LogP contribution is -2.36. The van der Waals surface area contributed by atoms with E-state index in [1.54, 1.807) is 18.9 Å². The summed E-state index contributed by atoms with van der Waals surface area (Å²) in [4.78, 5) is 4.77. The summed E-state index contributed by atoms with van der Waals surface area (Å²) in [7, 11) is 1.67. The van der Waals surface area contributed by atoms with Crippen molar-refractivity contribution in [2.24, 2.45) is 4.99 Å². The SMILES string of the molecule is COc1ccc(OCCSC2=N[C@@H]3CCCC[C@H]3N2)cc1. The van der Waals surface area contributed by atoms with Crippen LogP contribution >= 0.6 is 11.8 Å². The van der Waals surface area contributed by atoms with Crippen LogP contribution in [-0.2, 0) is 0 Å². The maximum absolute atomic E-state index is 5.72. The monoisotopic (exact) mass is 306 g/mol. The number of benzene rings is 1. The molecule has 1 aliphatic carbocycles. The lowest BCUT2D eigenvalue weighted by Gasteiger charge is -2.23. The Morgan fingerprint density at radius 2 is 1.95 bits per heavy atom. The first-order valence-electron chi connectivity index (χ1n) is 7.59. The van der Waals surface area contributed by atoms with Crippen LogP contribution < -0.4 is 14.8 Å². The van der Waals surface area contributed by atoms with Crippen molar-refractivity contribution in [3.63, 3.8) is 0 Å². The summed E-state index contributed by atoms with van der Waals surface area (Å²) >= 11 is 1.77. The molecule has 0 amide bonds. The molecule has 1 aromatic rings. The second-order valence-corrected chi connectivity index (χ2v) is 6.49. The zero-order valence-electron chi connectivity index (χ0n) is 12.4. The molecule has 0 saturated heterocycles. The van der Waals surface area contributed by atoms with Crippen LogP contribution in [0.25, 0.3) is 0 Å². The Hall–Kier alpha value is -1.36. The summed E-state index contributed by atoms with van der Waals surface area (Å²) in [5.41, 5.74) is 0. The predicted molar refractivity (Wildman–Crippen MR) is 87.6 cm³/mol. The molecule has 2 atom stereocenters. The summed E-state index contributed by atoms with van der Waals surface area (Å²) in [6, 6.07) is 8.80. The molecule has 5 heteroatoms. The number of hydrogen-bond donors (Lipinski definition) is 1. The Bertz CT molecular complexity index is 490. The van der Waals surface area contributed by atoms with Crippen molar-refractivity contribution < 1.29 is 9.47 Å². The van der Waals surface area contributed by atoms with Crippen LogP contribution in [0.2, 0.25) is 0 Å². The summed E-state index contributed by atoms with van der Waals surface area (Å²) in [6.45, 7) is 0.688. The normalized spacial score (nSPS) is 24.0. The molecule has 1 aromatic carbocycles. The molecule has 0 aromatic heterocycles. The highest BCUT2D eigenvalue weighted by molar-refractivity contribution is 8.13. The van der Waals surface area contributed by atoms with Gasteiger partial charge in [-0.05, 0) is 37.1 Å². The van der Waals surface area contributed by atoms with Crippen LogP contribution in [0.3, 0.4) is 0 Å². The Morgan fingerprint density at radius 1 is 1.19 bits per heavy atom. The van der Waals surface area contributed by atoms with Crippen molar-refractivity contribution in [1.82, 2.24) is 5.32 Å². The molecule has 1 fully saturated rings. The molecule has 1 heterocycles. The van der Waals surface area contributed by atoms with Gasteiger partial charge in [-0.25, -0.2) is 0 Å². The quantitative estimate of drug-likeness (QED) is 0.849. The van der Waals surface area contributed by atoms with Gasteiger partial charge in [-0.2, -0.15) is 0 Å². The van der Waals surface area contributed by atoms with Crippen molar-refractivity contribution >= 4 is 16.9 Å². The number of rotatable bonds is 5. The summed E-state index contributed by atoms with van der Waals surface area (Å²) in [5.74, 6) is 2.65. The molecule has 0 bridgehead atoms. The maximum Gasteiger partial charge on any atom is 0.157 e.